The first-order chi connectivity index (χ1) is 23.0. The summed E-state index contributed by atoms with van der Waals surface area (Å²) in [5.74, 6) is 0.700. The fourth-order valence-corrected chi connectivity index (χ4v) is 7.32. The molecular formula is C44H31N3. The molecule has 1 aliphatic carbocycles. The van der Waals surface area contributed by atoms with E-state index in [2.05, 4.69) is 128 Å². The van der Waals surface area contributed by atoms with E-state index in [0.717, 1.165) is 33.5 Å². The van der Waals surface area contributed by atoms with E-state index in [1.54, 1.807) is 6.20 Å². The molecule has 2 aromatic heterocycles. The molecule has 0 spiro atoms. The van der Waals surface area contributed by atoms with E-state index >= 15 is 0 Å². The Kier molecular flexibility index (Phi) is 6.16. The highest BCUT2D eigenvalue weighted by atomic mass is 14.9. The zero-order valence-corrected chi connectivity index (χ0v) is 26.3. The highest BCUT2D eigenvalue weighted by Gasteiger charge is 2.36. The number of pyridine rings is 1. The number of benzene rings is 6. The number of fused-ring (bicyclic) bond motifs is 5. The molecular weight excluding hydrogens is 571 g/mol. The first-order valence-corrected chi connectivity index (χ1v) is 16.1. The second kappa shape index (κ2) is 10.6. The molecule has 1 aliphatic rings. The summed E-state index contributed by atoms with van der Waals surface area (Å²) in [6, 6.07) is 49.9. The van der Waals surface area contributed by atoms with Crippen molar-refractivity contribution in [3.8, 4) is 56.2 Å². The minimum absolute atomic E-state index is 0.102. The van der Waals surface area contributed by atoms with Crippen LogP contribution in [-0.2, 0) is 5.41 Å². The Balaban J connectivity index is 1.20. The third kappa shape index (κ3) is 4.46. The SMILES string of the molecule is CC1(C)c2cc(-c3ccc(-c4nc(-c5ccccc5)cc(-c5cccnc5)n4)c4ccccc34)ccc2-c2cc3ccccc3cc21. The number of nitrogens with zero attached hydrogens (tertiary/aromatic N) is 3. The van der Waals surface area contributed by atoms with Gasteiger partial charge in [-0.3, -0.25) is 4.98 Å². The van der Waals surface area contributed by atoms with Gasteiger partial charge < -0.3 is 0 Å². The van der Waals surface area contributed by atoms with Crippen LogP contribution in [-0.4, -0.2) is 15.0 Å². The van der Waals surface area contributed by atoms with Crippen LogP contribution >= 0.6 is 0 Å². The van der Waals surface area contributed by atoms with Gasteiger partial charge >= 0.3 is 0 Å². The van der Waals surface area contributed by atoms with Gasteiger partial charge in [0.05, 0.1) is 11.4 Å². The van der Waals surface area contributed by atoms with E-state index in [9.17, 15) is 0 Å². The van der Waals surface area contributed by atoms with Gasteiger partial charge in [-0.2, -0.15) is 0 Å². The number of rotatable bonds is 4. The van der Waals surface area contributed by atoms with Gasteiger partial charge in [0.15, 0.2) is 5.82 Å². The van der Waals surface area contributed by atoms with Crippen LogP contribution in [0.2, 0.25) is 0 Å². The Bertz CT molecular complexity index is 2420. The molecule has 3 heteroatoms. The molecule has 0 saturated carbocycles. The molecule has 6 aromatic carbocycles. The first-order valence-electron chi connectivity index (χ1n) is 16.1. The molecule has 3 nitrogen and oxygen atoms in total. The van der Waals surface area contributed by atoms with E-state index in [-0.39, 0.29) is 5.41 Å². The van der Waals surface area contributed by atoms with Crippen molar-refractivity contribution in [2.24, 2.45) is 0 Å². The van der Waals surface area contributed by atoms with Crippen molar-refractivity contribution in [3.05, 3.63) is 163 Å². The Hall–Kier alpha value is -5.93. The quantitative estimate of drug-likeness (QED) is 0.201. The second-order valence-electron chi connectivity index (χ2n) is 12.9. The lowest BCUT2D eigenvalue weighted by Gasteiger charge is -2.22. The van der Waals surface area contributed by atoms with E-state index in [1.165, 1.54) is 49.5 Å². The van der Waals surface area contributed by atoms with Gasteiger partial charge in [-0.25, -0.2) is 9.97 Å². The van der Waals surface area contributed by atoms with Crippen molar-refractivity contribution in [3.63, 3.8) is 0 Å². The van der Waals surface area contributed by atoms with E-state index in [4.69, 9.17) is 9.97 Å². The van der Waals surface area contributed by atoms with Gasteiger partial charge in [0.2, 0.25) is 0 Å². The van der Waals surface area contributed by atoms with Gasteiger partial charge in [-0.15, -0.1) is 0 Å². The minimum Gasteiger partial charge on any atom is -0.264 e. The maximum atomic E-state index is 5.13. The van der Waals surface area contributed by atoms with Crippen molar-refractivity contribution in [2.45, 2.75) is 19.3 Å². The van der Waals surface area contributed by atoms with Crippen molar-refractivity contribution in [1.82, 2.24) is 15.0 Å². The van der Waals surface area contributed by atoms with Crippen LogP contribution in [0.4, 0.5) is 0 Å². The van der Waals surface area contributed by atoms with Gasteiger partial charge in [0.25, 0.3) is 0 Å². The molecule has 0 radical (unpaired) electrons. The van der Waals surface area contributed by atoms with Crippen LogP contribution in [0.1, 0.15) is 25.0 Å². The zero-order chi connectivity index (χ0) is 31.5. The average Bonchev–Trinajstić information content (AvgIpc) is 3.35. The summed E-state index contributed by atoms with van der Waals surface area (Å²) in [5.41, 5.74) is 12.5. The molecule has 0 aliphatic heterocycles. The molecule has 9 rings (SSSR count). The van der Waals surface area contributed by atoms with Crippen LogP contribution in [0.15, 0.2) is 152 Å². The van der Waals surface area contributed by atoms with Crippen LogP contribution in [0.3, 0.4) is 0 Å². The Labute approximate surface area is 274 Å². The summed E-state index contributed by atoms with van der Waals surface area (Å²) < 4.78 is 0. The third-order valence-electron chi connectivity index (χ3n) is 9.77. The number of aromatic nitrogens is 3. The summed E-state index contributed by atoms with van der Waals surface area (Å²) in [7, 11) is 0. The summed E-state index contributed by atoms with van der Waals surface area (Å²) in [5, 5.41) is 4.88. The highest BCUT2D eigenvalue weighted by Crippen LogP contribution is 2.51. The first kappa shape index (κ1) is 27.4. The van der Waals surface area contributed by atoms with Crippen molar-refractivity contribution >= 4 is 21.5 Å². The summed E-state index contributed by atoms with van der Waals surface area (Å²) in [4.78, 5) is 14.6. The molecule has 0 saturated heterocycles. The van der Waals surface area contributed by atoms with Gasteiger partial charge in [0, 0.05) is 34.5 Å². The van der Waals surface area contributed by atoms with Crippen molar-refractivity contribution in [2.75, 3.05) is 0 Å². The normalized spacial score (nSPS) is 13.1. The van der Waals surface area contributed by atoms with Crippen molar-refractivity contribution < 1.29 is 0 Å². The average molecular weight is 602 g/mol. The number of hydrogen-bond acceptors (Lipinski definition) is 3. The Morgan fingerprint density at radius 2 is 1.06 bits per heavy atom. The monoisotopic (exact) mass is 601 g/mol. The third-order valence-corrected chi connectivity index (χ3v) is 9.77. The lowest BCUT2D eigenvalue weighted by Crippen LogP contribution is -2.15. The molecule has 222 valence electrons. The topological polar surface area (TPSA) is 38.7 Å². The molecule has 8 aromatic rings. The number of hydrogen-bond donors (Lipinski definition) is 0. The molecule has 0 atom stereocenters. The fourth-order valence-electron chi connectivity index (χ4n) is 7.32. The lowest BCUT2D eigenvalue weighted by atomic mass is 9.81. The highest BCUT2D eigenvalue weighted by molar-refractivity contribution is 6.05. The van der Waals surface area contributed by atoms with Gasteiger partial charge in [0.1, 0.15) is 0 Å². The summed E-state index contributed by atoms with van der Waals surface area (Å²) >= 11 is 0. The van der Waals surface area contributed by atoms with Crippen LogP contribution in [0.25, 0.3) is 77.7 Å². The van der Waals surface area contributed by atoms with Gasteiger partial charge in [-0.05, 0) is 97.4 Å². The second-order valence-corrected chi connectivity index (χ2v) is 12.9. The van der Waals surface area contributed by atoms with Crippen LogP contribution < -0.4 is 0 Å². The lowest BCUT2D eigenvalue weighted by molar-refractivity contribution is 0.661. The largest absolute Gasteiger partial charge is 0.264 e. The Morgan fingerprint density at radius 1 is 0.447 bits per heavy atom. The zero-order valence-electron chi connectivity index (χ0n) is 26.3. The molecule has 0 unspecified atom stereocenters. The standard InChI is InChI=1S/C44H31N3/c1-44(2)39-25-31(18-19-36(39)38-23-29-13-6-7-14-30(29)24-40(38)44)33-20-21-37(35-17-9-8-16-34(33)35)43-46-41(28-11-4-3-5-12-28)26-42(47-43)32-15-10-22-45-27-32/h3-27H,1-2H3. The summed E-state index contributed by atoms with van der Waals surface area (Å²) in [6.07, 6.45) is 3.65. The Morgan fingerprint density at radius 3 is 1.83 bits per heavy atom. The maximum Gasteiger partial charge on any atom is 0.161 e. The van der Waals surface area contributed by atoms with E-state index in [0.29, 0.717) is 5.82 Å². The molecule has 0 fully saturated rings. The predicted molar refractivity (Wildman–Crippen MR) is 194 cm³/mol. The van der Waals surface area contributed by atoms with E-state index in [1.807, 2.05) is 36.5 Å². The fraction of sp³-hybridized carbons (Fsp3) is 0.0682. The molecule has 0 amide bonds. The van der Waals surface area contributed by atoms with Gasteiger partial charge in [-0.1, -0.05) is 111 Å². The summed E-state index contributed by atoms with van der Waals surface area (Å²) in [6.45, 7) is 4.71. The predicted octanol–water partition coefficient (Wildman–Crippen LogP) is 11.2. The van der Waals surface area contributed by atoms with E-state index < -0.39 is 0 Å². The maximum absolute atomic E-state index is 5.13. The van der Waals surface area contributed by atoms with Crippen LogP contribution in [0, 0.1) is 0 Å². The van der Waals surface area contributed by atoms with Crippen LogP contribution in [0.5, 0.6) is 0 Å². The molecule has 2 heterocycles. The molecule has 0 bridgehead atoms. The minimum atomic E-state index is -0.102. The molecule has 47 heavy (non-hydrogen) atoms. The smallest absolute Gasteiger partial charge is 0.161 e. The molecule has 0 N–H and O–H groups in total. The van der Waals surface area contributed by atoms with Crippen molar-refractivity contribution in [1.29, 1.82) is 0 Å².